The molecule has 1 unspecified atom stereocenters. The predicted octanol–water partition coefficient (Wildman–Crippen LogP) is 4.42. The Hall–Kier alpha value is -2.07. The van der Waals surface area contributed by atoms with Gasteiger partial charge >= 0.3 is 0 Å². The fourth-order valence-corrected chi connectivity index (χ4v) is 4.65. The van der Waals surface area contributed by atoms with Crippen LogP contribution in [0, 0.1) is 23.1 Å². The van der Waals surface area contributed by atoms with Gasteiger partial charge in [0.15, 0.2) is 0 Å². The van der Waals surface area contributed by atoms with Crippen molar-refractivity contribution in [2.75, 3.05) is 12.3 Å². The van der Waals surface area contributed by atoms with Crippen LogP contribution in [0.4, 0.5) is 10.1 Å². The van der Waals surface area contributed by atoms with Crippen molar-refractivity contribution in [2.45, 2.75) is 50.2 Å². The quantitative estimate of drug-likeness (QED) is 0.520. The number of hydrogen-bond donors (Lipinski definition) is 2. The molecule has 1 aliphatic rings. The molecule has 3 rings (SSSR count). The van der Waals surface area contributed by atoms with Crippen LogP contribution >= 0.6 is 0 Å². The van der Waals surface area contributed by atoms with Crippen molar-refractivity contribution in [1.29, 1.82) is 5.26 Å². The second-order valence-corrected chi connectivity index (χ2v) is 10.7. The lowest BCUT2D eigenvalue weighted by molar-refractivity contribution is 0.410. The zero-order valence-corrected chi connectivity index (χ0v) is 18.0. The van der Waals surface area contributed by atoms with Crippen LogP contribution in [0.25, 0.3) is 0 Å². The number of nitrogens with two attached hydrogens (primary N) is 1. The fourth-order valence-electron chi connectivity index (χ4n) is 3.93. The van der Waals surface area contributed by atoms with Gasteiger partial charge in [0.1, 0.15) is 10.6 Å². The Balaban J connectivity index is 2.01. The van der Waals surface area contributed by atoms with Gasteiger partial charge in [-0.15, -0.1) is 4.72 Å². The van der Waals surface area contributed by atoms with E-state index in [9.17, 15) is 8.94 Å². The van der Waals surface area contributed by atoms with E-state index in [0.29, 0.717) is 24.4 Å². The number of hydrogen-bond acceptors (Lipinski definition) is 4. The molecule has 0 bridgehead atoms. The van der Waals surface area contributed by atoms with Crippen LogP contribution in [0.3, 0.4) is 0 Å². The molecule has 2 aromatic carbocycles. The predicted molar refractivity (Wildman–Crippen MR) is 116 cm³/mol. The molecule has 0 radical (unpaired) electrons. The third-order valence-electron chi connectivity index (χ3n) is 5.62. The summed E-state index contributed by atoms with van der Waals surface area (Å²) >= 11 is -1.17. The van der Waals surface area contributed by atoms with Gasteiger partial charge in [0.05, 0.1) is 17.3 Å². The highest BCUT2D eigenvalue weighted by Crippen LogP contribution is 2.53. The Kier molecular flexibility index (Phi) is 6.23. The van der Waals surface area contributed by atoms with Gasteiger partial charge in [-0.2, -0.15) is 5.26 Å². The van der Waals surface area contributed by atoms with E-state index in [0.717, 1.165) is 24.0 Å². The van der Waals surface area contributed by atoms with Crippen LogP contribution in [0.5, 0.6) is 0 Å². The molecule has 0 heterocycles. The summed E-state index contributed by atoms with van der Waals surface area (Å²) in [7, 11) is 0. The van der Waals surface area contributed by atoms with Crippen LogP contribution in [0.1, 0.15) is 56.7 Å². The van der Waals surface area contributed by atoms with Crippen LogP contribution in [0.2, 0.25) is 0 Å². The molecular weight excluding hydrogens is 385 g/mol. The molecule has 3 N–H and O–H groups in total. The number of nitriles is 1. The van der Waals surface area contributed by atoms with Crippen LogP contribution in [-0.4, -0.2) is 15.8 Å². The molecular formula is C23H28FN3OS. The van der Waals surface area contributed by atoms with Crippen LogP contribution in [-0.2, 0) is 16.8 Å². The molecule has 1 saturated carbocycles. The van der Waals surface area contributed by atoms with Crippen molar-refractivity contribution in [2.24, 2.45) is 5.92 Å². The number of rotatable bonds is 7. The number of nitrogens with zero attached hydrogens (tertiary/aromatic N) is 1. The van der Waals surface area contributed by atoms with Gasteiger partial charge in [0.2, 0.25) is 0 Å². The average Bonchev–Trinajstić information content (AvgIpc) is 3.52. The average molecular weight is 414 g/mol. The maximum absolute atomic E-state index is 13.9. The third-order valence-corrected chi connectivity index (χ3v) is 7.20. The zero-order chi connectivity index (χ0) is 21.2. The third kappa shape index (κ3) is 4.58. The van der Waals surface area contributed by atoms with E-state index in [2.05, 4.69) is 10.8 Å². The molecule has 2 aromatic rings. The van der Waals surface area contributed by atoms with Gasteiger partial charge in [-0.1, -0.05) is 18.2 Å². The van der Waals surface area contributed by atoms with Gasteiger partial charge in [-0.25, -0.2) is 4.39 Å². The van der Waals surface area contributed by atoms with Crippen molar-refractivity contribution in [3.05, 3.63) is 65.0 Å². The molecule has 0 amide bonds. The van der Waals surface area contributed by atoms with Crippen molar-refractivity contribution >= 4 is 17.0 Å². The Morgan fingerprint density at radius 3 is 2.31 bits per heavy atom. The number of nitrogen functional groups attached to an aromatic ring is 1. The molecule has 0 aromatic heterocycles. The molecule has 4 nitrogen and oxygen atoms in total. The lowest BCUT2D eigenvalue weighted by Gasteiger charge is -2.36. The molecule has 1 fully saturated rings. The lowest BCUT2D eigenvalue weighted by Crippen LogP contribution is -2.42. The Labute approximate surface area is 175 Å². The summed E-state index contributed by atoms with van der Waals surface area (Å²) in [5, 5.41) is 9.16. The molecule has 1 aliphatic carbocycles. The second-order valence-electron chi connectivity index (χ2n) is 8.70. The van der Waals surface area contributed by atoms with Crippen molar-refractivity contribution in [1.82, 2.24) is 4.72 Å². The van der Waals surface area contributed by atoms with Gasteiger partial charge < -0.3 is 10.3 Å². The van der Waals surface area contributed by atoms with Crippen molar-refractivity contribution in [3.8, 4) is 6.07 Å². The number of anilines is 1. The summed E-state index contributed by atoms with van der Waals surface area (Å²) in [5.41, 5.74) is 8.32. The number of nitrogens with one attached hydrogen (secondary N) is 1. The summed E-state index contributed by atoms with van der Waals surface area (Å²) in [6.07, 6.45) is 2.84. The van der Waals surface area contributed by atoms with Gasteiger partial charge in [-0.05, 0) is 81.3 Å². The van der Waals surface area contributed by atoms with E-state index in [1.165, 1.54) is 6.07 Å². The van der Waals surface area contributed by atoms with Crippen LogP contribution in [0.15, 0.2) is 42.5 Å². The lowest BCUT2D eigenvalue weighted by atomic mass is 9.68. The Morgan fingerprint density at radius 1 is 1.17 bits per heavy atom. The largest absolute Gasteiger partial charge is 0.598 e. The molecule has 154 valence electrons. The minimum Gasteiger partial charge on any atom is -0.598 e. The van der Waals surface area contributed by atoms with E-state index in [1.807, 2.05) is 51.1 Å². The smallest absolute Gasteiger partial charge is 0.146 e. The molecule has 2 atom stereocenters. The standard InChI is InChI=1S/C23H28FN3OS/c1-22(2,3)29(28)27-13-12-23(18-8-9-18,17-6-4-16(15-25)5-7-17)19-10-11-20(24)21(26)14-19/h4-7,10-11,14,18,27H,8-9,12-13,26H2,1-3H3/t23-,29?/m1/s1. The molecule has 6 heteroatoms. The monoisotopic (exact) mass is 413 g/mol. The fraction of sp³-hybridized carbons (Fsp3) is 0.435. The summed E-state index contributed by atoms with van der Waals surface area (Å²) in [6, 6.07) is 14.7. The van der Waals surface area contributed by atoms with E-state index in [-0.39, 0.29) is 15.8 Å². The summed E-state index contributed by atoms with van der Waals surface area (Å²) < 4.78 is 29.2. The summed E-state index contributed by atoms with van der Waals surface area (Å²) in [5.74, 6) is -0.0320. The minimum atomic E-state index is -1.17. The highest BCUT2D eigenvalue weighted by molar-refractivity contribution is 7.90. The number of halogens is 1. The molecule has 0 spiro atoms. The van der Waals surface area contributed by atoms with E-state index < -0.39 is 17.2 Å². The topological polar surface area (TPSA) is 84.9 Å². The van der Waals surface area contributed by atoms with Crippen molar-refractivity contribution < 1.29 is 8.94 Å². The van der Waals surface area contributed by atoms with Gasteiger partial charge in [0, 0.05) is 23.3 Å². The first kappa shape index (κ1) is 21.6. The summed E-state index contributed by atoms with van der Waals surface area (Å²) in [6.45, 7) is 6.36. The highest BCUT2D eigenvalue weighted by Gasteiger charge is 2.47. The first-order valence-electron chi connectivity index (χ1n) is 9.90. The molecule has 29 heavy (non-hydrogen) atoms. The SMILES string of the molecule is CC(C)(C)[S+]([O-])NCC[C@](c1ccc(C#N)cc1)(c1ccc(F)c(N)c1)C1CC1. The molecule has 0 aliphatic heterocycles. The van der Waals surface area contributed by atoms with Gasteiger partial charge in [0.25, 0.3) is 0 Å². The Morgan fingerprint density at radius 2 is 1.79 bits per heavy atom. The normalized spacial score (nSPS) is 17.4. The first-order valence-corrected chi connectivity index (χ1v) is 11.0. The first-order chi connectivity index (χ1) is 13.7. The van der Waals surface area contributed by atoms with Crippen LogP contribution < -0.4 is 10.5 Å². The van der Waals surface area contributed by atoms with E-state index in [1.54, 1.807) is 6.07 Å². The minimum absolute atomic E-state index is 0.132. The zero-order valence-electron chi connectivity index (χ0n) is 17.2. The second kappa shape index (κ2) is 8.35. The van der Waals surface area contributed by atoms with Crippen molar-refractivity contribution in [3.63, 3.8) is 0 Å². The van der Waals surface area contributed by atoms with Gasteiger partial charge in [-0.3, -0.25) is 0 Å². The molecule has 0 saturated heterocycles. The van der Waals surface area contributed by atoms with E-state index >= 15 is 0 Å². The number of benzene rings is 2. The highest BCUT2D eigenvalue weighted by atomic mass is 32.2. The summed E-state index contributed by atoms with van der Waals surface area (Å²) in [4.78, 5) is 0. The maximum atomic E-state index is 13.9. The maximum Gasteiger partial charge on any atom is 0.146 e. The van der Waals surface area contributed by atoms with E-state index in [4.69, 9.17) is 11.0 Å². The Bertz CT molecular complexity index is 900.